The van der Waals surface area contributed by atoms with Crippen molar-refractivity contribution in [3.8, 4) is 11.3 Å². The fourth-order valence-electron chi connectivity index (χ4n) is 4.23. The number of halogens is 1. The van der Waals surface area contributed by atoms with Gasteiger partial charge in [0.25, 0.3) is 0 Å². The van der Waals surface area contributed by atoms with Crippen LogP contribution in [0.4, 0.5) is 16.0 Å². The van der Waals surface area contributed by atoms with Crippen LogP contribution in [0.2, 0.25) is 0 Å². The number of nitrogens with zero attached hydrogens (tertiary/aromatic N) is 3. The van der Waals surface area contributed by atoms with Crippen molar-refractivity contribution < 1.29 is 14.0 Å². The number of carbonyl (C=O) groups excluding carboxylic acids is 2. The normalized spacial score (nSPS) is 21.5. The molecular weight excluding hydrogens is 385 g/mol. The van der Waals surface area contributed by atoms with E-state index in [1.54, 1.807) is 17.0 Å². The van der Waals surface area contributed by atoms with Crippen LogP contribution in [-0.2, 0) is 9.59 Å². The van der Waals surface area contributed by atoms with Gasteiger partial charge in [0.05, 0.1) is 6.20 Å². The number of benzene rings is 1. The molecule has 158 valence electrons. The second-order valence-electron chi connectivity index (χ2n) is 7.98. The summed E-state index contributed by atoms with van der Waals surface area (Å²) < 4.78 is 14.5. The molecule has 2 aliphatic rings. The second-order valence-corrected chi connectivity index (χ2v) is 7.98. The lowest BCUT2D eigenvalue weighted by molar-refractivity contribution is -0.120. The third kappa shape index (κ3) is 4.58. The molecule has 0 spiro atoms. The summed E-state index contributed by atoms with van der Waals surface area (Å²) in [6.07, 6.45) is 6.10. The highest BCUT2D eigenvalue weighted by atomic mass is 19.1. The monoisotopic (exact) mass is 411 g/mol. The minimum absolute atomic E-state index is 0.00391. The van der Waals surface area contributed by atoms with E-state index in [2.05, 4.69) is 20.6 Å². The summed E-state index contributed by atoms with van der Waals surface area (Å²) in [5.41, 5.74) is 1.59. The lowest BCUT2D eigenvalue weighted by Crippen LogP contribution is -2.39. The lowest BCUT2D eigenvalue weighted by atomic mass is 9.91. The first kappa shape index (κ1) is 20.3. The predicted molar refractivity (Wildman–Crippen MR) is 112 cm³/mol. The molecule has 30 heavy (non-hydrogen) atoms. The van der Waals surface area contributed by atoms with E-state index in [0.717, 1.165) is 37.8 Å². The highest BCUT2D eigenvalue weighted by Gasteiger charge is 2.24. The van der Waals surface area contributed by atoms with Crippen molar-refractivity contribution in [1.29, 1.82) is 0 Å². The molecule has 1 saturated heterocycles. The highest BCUT2D eigenvalue weighted by Crippen LogP contribution is 2.29. The zero-order valence-electron chi connectivity index (χ0n) is 17.0. The molecule has 2 heterocycles. The van der Waals surface area contributed by atoms with Gasteiger partial charge in [0, 0.05) is 43.2 Å². The summed E-state index contributed by atoms with van der Waals surface area (Å²) >= 11 is 0. The maximum Gasteiger partial charge on any atom is 0.227 e. The van der Waals surface area contributed by atoms with E-state index < -0.39 is 5.82 Å². The zero-order valence-corrected chi connectivity index (χ0v) is 17.0. The Labute approximate surface area is 175 Å². The molecule has 8 heteroatoms. The Morgan fingerprint density at radius 1 is 1.20 bits per heavy atom. The van der Waals surface area contributed by atoms with Crippen LogP contribution in [0.15, 0.2) is 30.5 Å². The van der Waals surface area contributed by atoms with Crippen LogP contribution in [0.1, 0.15) is 45.4 Å². The molecule has 4 rings (SSSR count). The van der Waals surface area contributed by atoms with Crippen LogP contribution < -0.4 is 15.5 Å². The van der Waals surface area contributed by atoms with Crippen LogP contribution >= 0.6 is 0 Å². The third-order valence-corrected chi connectivity index (χ3v) is 5.72. The van der Waals surface area contributed by atoms with Gasteiger partial charge in [-0.15, -0.1) is 0 Å². The van der Waals surface area contributed by atoms with Gasteiger partial charge in [-0.3, -0.25) is 9.59 Å². The van der Waals surface area contributed by atoms with Gasteiger partial charge in [0.15, 0.2) is 5.82 Å². The Bertz CT molecular complexity index is 943. The second kappa shape index (κ2) is 8.77. The number of rotatable bonds is 5. The van der Waals surface area contributed by atoms with Crippen molar-refractivity contribution in [3.05, 3.63) is 36.3 Å². The molecule has 0 atom stereocenters. The Kier molecular flexibility index (Phi) is 5.92. The third-order valence-electron chi connectivity index (χ3n) is 5.72. The summed E-state index contributed by atoms with van der Waals surface area (Å²) in [6.45, 7) is 2.22. The number of anilines is 2. The number of hydrogen-bond donors (Lipinski definition) is 2. The highest BCUT2D eigenvalue weighted by molar-refractivity contribution is 5.95. The van der Waals surface area contributed by atoms with E-state index in [-0.39, 0.29) is 29.6 Å². The molecule has 1 saturated carbocycles. The molecule has 1 aliphatic heterocycles. The minimum Gasteiger partial charge on any atom is -0.354 e. The van der Waals surface area contributed by atoms with E-state index in [9.17, 15) is 14.0 Å². The van der Waals surface area contributed by atoms with Crippen LogP contribution in [0, 0.1) is 5.82 Å². The summed E-state index contributed by atoms with van der Waals surface area (Å²) in [7, 11) is 0. The van der Waals surface area contributed by atoms with Crippen molar-refractivity contribution in [1.82, 2.24) is 15.3 Å². The smallest absolute Gasteiger partial charge is 0.227 e. The molecule has 1 aromatic carbocycles. The average Bonchev–Trinajstić information content (AvgIpc) is 3.16. The summed E-state index contributed by atoms with van der Waals surface area (Å²) in [5.74, 6) is -0.0276. The van der Waals surface area contributed by atoms with Gasteiger partial charge in [0.1, 0.15) is 5.69 Å². The van der Waals surface area contributed by atoms with Gasteiger partial charge in [-0.05, 0) is 44.2 Å². The first-order valence-electron chi connectivity index (χ1n) is 10.5. The largest absolute Gasteiger partial charge is 0.354 e. The Balaban J connectivity index is 1.48. The molecular formula is C22H26FN5O2. The standard InChI is InChI=1S/C22H26FN5O2/c1-14(29)25-16-7-9-17(10-8-16)26-22-24-13-19(23)21(27-22)15-4-2-5-18(12-15)28-11-3-6-20(28)30/h2,4-5,12-13,16-17H,3,6-11H2,1H3,(H,25,29)(H,24,26,27)/t16-,17-. The van der Waals surface area contributed by atoms with Crippen LogP contribution in [0.5, 0.6) is 0 Å². The minimum atomic E-state index is -0.500. The van der Waals surface area contributed by atoms with Crippen LogP contribution in [0.25, 0.3) is 11.3 Å². The van der Waals surface area contributed by atoms with Gasteiger partial charge >= 0.3 is 0 Å². The molecule has 1 aliphatic carbocycles. The fourth-order valence-corrected chi connectivity index (χ4v) is 4.23. The lowest BCUT2D eigenvalue weighted by Gasteiger charge is -2.29. The molecule has 7 nitrogen and oxygen atoms in total. The van der Waals surface area contributed by atoms with Gasteiger partial charge in [-0.2, -0.15) is 0 Å². The number of nitrogens with one attached hydrogen (secondary N) is 2. The summed E-state index contributed by atoms with van der Waals surface area (Å²) in [5, 5.41) is 6.26. The van der Waals surface area contributed by atoms with Crippen LogP contribution in [-0.4, -0.2) is 40.4 Å². The van der Waals surface area contributed by atoms with E-state index >= 15 is 0 Å². The van der Waals surface area contributed by atoms with E-state index in [1.807, 2.05) is 12.1 Å². The molecule has 2 aromatic rings. The van der Waals surface area contributed by atoms with Gasteiger partial charge < -0.3 is 15.5 Å². The van der Waals surface area contributed by atoms with Gasteiger partial charge in [-0.1, -0.05) is 12.1 Å². The Hall–Kier alpha value is -3.03. The van der Waals surface area contributed by atoms with Crippen LogP contribution in [0.3, 0.4) is 0 Å². The van der Waals surface area contributed by atoms with Crippen molar-refractivity contribution >= 4 is 23.5 Å². The number of hydrogen-bond acceptors (Lipinski definition) is 5. The molecule has 1 aromatic heterocycles. The van der Waals surface area contributed by atoms with E-state index in [4.69, 9.17) is 0 Å². The predicted octanol–water partition coefficient (Wildman–Crippen LogP) is 3.27. The molecule has 2 N–H and O–H groups in total. The van der Waals surface area contributed by atoms with Crippen molar-refractivity contribution in [2.75, 3.05) is 16.8 Å². The maximum atomic E-state index is 14.5. The van der Waals surface area contributed by atoms with Crippen molar-refractivity contribution in [2.24, 2.45) is 0 Å². The zero-order chi connectivity index (χ0) is 21.1. The summed E-state index contributed by atoms with van der Waals surface area (Å²) in [4.78, 5) is 33.5. The van der Waals surface area contributed by atoms with E-state index in [0.29, 0.717) is 24.5 Å². The molecule has 0 radical (unpaired) electrons. The SMILES string of the molecule is CC(=O)N[C@H]1CC[C@H](Nc2ncc(F)c(-c3cccc(N4CCCC4=O)c3)n2)CC1. The first-order valence-corrected chi connectivity index (χ1v) is 10.5. The van der Waals surface area contributed by atoms with Gasteiger partial charge in [0.2, 0.25) is 17.8 Å². The average molecular weight is 411 g/mol. The van der Waals surface area contributed by atoms with Crippen molar-refractivity contribution in [3.63, 3.8) is 0 Å². The maximum absolute atomic E-state index is 14.5. The number of amides is 2. The summed E-state index contributed by atoms with van der Waals surface area (Å²) in [6, 6.07) is 7.66. The quantitative estimate of drug-likeness (QED) is 0.789. The molecule has 2 amide bonds. The number of aromatic nitrogens is 2. The topological polar surface area (TPSA) is 87.2 Å². The fraction of sp³-hybridized carbons (Fsp3) is 0.455. The number of carbonyl (C=O) groups is 2. The first-order chi connectivity index (χ1) is 14.5. The van der Waals surface area contributed by atoms with Gasteiger partial charge in [-0.25, -0.2) is 14.4 Å². The molecule has 2 fully saturated rings. The Morgan fingerprint density at radius 2 is 1.97 bits per heavy atom. The molecule has 0 bridgehead atoms. The Morgan fingerprint density at radius 3 is 2.67 bits per heavy atom. The van der Waals surface area contributed by atoms with E-state index in [1.165, 1.54) is 13.1 Å². The van der Waals surface area contributed by atoms with Crippen molar-refractivity contribution in [2.45, 2.75) is 57.5 Å². The molecule has 0 unspecified atom stereocenters.